The van der Waals surface area contributed by atoms with E-state index in [2.05, 4.69) is 22.4 Å². The van der Waals surface area contributed by atoms with E-state index in [1.807, 2.05) is 36.4 Å². The molecular formula is C21H22N4O3. The van der Waals surface area contributed by atoms with E-state index in [1.54, 1.807) is 13.1 Å². The third kappa shape index (κ3) is 2.70. The van der Waals surface area contributed by atoms with Gasteiger partial charge in [0.15, 0.2) is 0 Å². The second kappa shape index (κ2) is 6.37. The van der Waals surface area contributed by atoms with Crippen LogP contribution in [0.2, 0.25) is 0 Å². The lowest BCUT2D eigenvalue weighted by Crippen LogP contribution is -2.40. The van der Waals surface area contributed by atoms with Crippen LogP contribution in [0.15, 0.2) is 65.7 Å². The Morgan fingerprint density at radius 1 is 1.25 bits per heavy atom. The highest BCUT2D eigenvalue weighted by atomic mass is 16.5. The molecule has 2 heterocycles. The Morgan fingerprint density at radius 3 is 2.64 bits per heavy atom. The van der Waals surface area contributed by atoms with E-state index in [1.165, 1.54) is 6.20 Å². The number of nitrogens with two attached hydrogens (primary N) is 1. The van der Waals surface area contributed by atoms with E-state index < -0.39 is 16.7 Å². The van der Waals surface area contributed by atoms with Crippen LogP contribution >= 0.6 is 0 Å². The highest BCUT2D eigenvalue weighted by molar-refractivity contribution is 6.05. The lowest BCUT2D eigenvalue weighted by Gasteiger charge is -2.33. The number of ether oxygens (including phenoxy) is 1. The molecule has 144 valence electrons. The zero-order valence-corrected chi connectivity index (χ0v) is 15.8. The van der Waals surface area contributed by atoms with Crippen LogP contribution in [0.1, 0.15) is 25.8 Å². The first-order chi connectivity index (χ1) is 13.3. The molecule has 1 aromatic carbocycles. The number of amides is 2. The molecule has 1 aliphatic heterocycles. The zero-order chi connectivity index (χ0) is 19.9. The number of allylic oxidation sites excluding steroid dienone is 1. The summed E-state index contributed by atoms with van der Waals surface area (Å²) in [6.07, 6.45) is 5.13. The van der Waals surface area contributed by atoms with Crippen molar-refractivity contribution >= 4 is 17.5 Å². The van der Waals surface area contributed by atoms with Crippen LogP contribution < -0.4 is 11.1 Å². The van der Waals surface area contributed by atoms with Gasteiger partial charge in [-0.25, -0.2) is 0 Å². The fraction of sp³-hybridized carbons (Fsp3) is 0.286. The molecule has 1 aliphatic carbocycles. The minimum atomic E-state index is -1.08. The summed E-state index contributed by atoms with van der Waals surface area (Å²) < 4.78 is 6.03. The number of carbonyl (C=O) groups is 2. The molecule has 2 atom stereocenters. The number of aromatic nitrogens is 2. The summed E-state index contributed by atoms with van der Waals surface area (Å²) in [7, 11) is 0. The number of hydrogen-bond acceptors (Lipinski definition) is 4. The van der Waals surface area contributed by atoms with Gasteiger partial charge in [0.05, 0.1) is 17.3 Å². The number of nitrogens with one attached hydrogen (secondary N) is 2. The number of hydrogen-bond donors (Lipinski definition) is 3. The van der Waals surface area contributed by atoms with E-state index >= 15 is 0 Å². The Bertz CT molecular complexity index is 994. The van der Waals surface area contributed by atoms with Gasteiger partial charge in [-0.2, -0.15) is 5.10 Å². The third-order valence-electron chi connectivity index (χ3n) is 5.71. The van der Waals surface area contributed by atoms with Crippen molar-refractivity contribution in [3.05, 3.63) is 71.3 Å². The molecule has 0 bridgehead atoms. The molecule has 2 unspecified atom stereocenters. The number of benzene rings is 1. The highest BCUT2D eigenvalue weighted by Gasteiger charge is 2.51. The standard InChI is InChI=1S/C21H22N4O3/c1-20(19(22)27)9-13(18(26)25-15-10-23-24-11-15)8-16-17(20)28-12-21(16,2)14-6-4-3-5-7-14/h3-8,10-11H,9,12H2,1-2H3,(H2,22,27)(H,23,24)(H,25,26). The quantitative estimate of drug-likeness (QED) is 0.759. The molecule has 4 N–H and O–H groups in total. The normalized spacial score (nSPS) is 26.3. The first-order valence-electron chi connectivity index (χ1n) is 9.09. The fourth-order valence-corrected chi connectivity index (χ4v) is 3.91. The number of primary amides is 1. The molecule has 1 aromatic heterocycles. The van der Waals surface area contributed by atoms with E-state index in [0.717, 1.165) is 11.1 Å². The number of rotatable bonds is 4. The first-order valence-corrected chi connectivity index (χ1v) is 9.09. The van der Waals surface area contributed by atoms with Crippen molar-refractivity contribution in [3.8, 4) is 0 Å². The molecule has 7 nitrogen and oxygen atoms in total. The molecule has 0 saturated carbocycles. The van der Waals surface area contributed by atoms with E-state index in [-0.39, 0.29) is 12.3 Å². The SMILES string of the molecule is CC1(C(N)=O)CC(C(=O)Nc2cn[nH]c2)=CC2=C1OCC2(C)c1ccccc1. The average Bonchev–Trinajstić information content (AvgIpc) is 3.31. The van der Waals surface area contributed by atoms with Crippen molar-refractivity contribution in [2.45, 2.75) is 25.7 Å². The van der Waals surface area contributed by atoms with Crippen LogP contribution in [-0.4, -0.2) is 28.6 Å². The highest BCUT2D eigenvalue weighted by Crippen LogP contribution is 2.51. The molecule has 28 heavy (non-hydrogen) atoms. The van der Waals surface area contributed by atoms with Gasteiger partial charge in [0.1, 0.15) is 17.8 Å². The predicted molar refractivity (Wildman–Crippen MR) is 104 cm³/mol. The molecule has 2 aromatic rings. The van der Waals surface area contributed by atoms with Crippen LogP contribution in [0.25, 0.3) is 0 Å². The average molecular weight is 378 g/mol. The summed E-state index contributed by atoms with van der Waals surface area (Å²) in [4.78, 5) is 25.3. The van der Waals surface area contributed by atoms with Gasteiger partial charge in [0.25, 0.3) is 5.91 Å². The maximum atomic E-state index is 12.9. The van der Waals surface area contributed by atoms with Gasteiger partial charge in [0, 0.05) is 17.3 Å². The number of H-pyrrole nitrogens is 1. The van der Waals surface area contributed by atoms with Crippen molar-refractivity contribution < 1.29 is 14.3 Å². The summed E-state index contributed by atoms with van der Waals surface area (Å²) in [6.45, 7) is 4.18. The maximum Gasteiger partial charge on any atom is 0.251 e. The Balaban J connectivity index is 1.80. The van der Waals surface area contributed by atoms with Gasteiger partial charge in [-0.15, -0.1) is 0 Å². The number of anilines is 1. The molecule has 0 fully saturated rings. The van der Waals surface area contributed by atoms with Crippen LogP contribution in [0, 0.1) is 5.41 Å². The second-order valence-electron chi connectivity index (χ2n) is 7.71. The summed E-state index contributed by atoms with van der Waals surface area (Å²) in [5.74, 6) is -0.243. The second-order valence-corrected chi connectivity index (χ2v) is 7.71. The summed E-state index contributed by atoms with van der Waals surface area (Å²) in [5.41, 5.74) is 7.11. The van der Waals surface area contributed by atoms with Gasteiger partial charge >= 0.3 is 0 Å². The van der Waals surface area contributed by atoms with E-state index in [0.29, 0.717) is 23.6 Å². The zero-order valence-electron chi connectivity index (χ0n) is 15.8. The summed E-state index contributed by atoms with van der Waals surface area (Å²) in [5, 5.41) is 9.29. The van der Waals surface area contributed by atoms with Crippen molar-refractivity contribution in [1.82, 2.24) is 10.2 Å². The van der Waals surface area contributed by atoms with Gasteiger partial charge in [0.2, 0.25) is 5.91 Å². The van der Waals surface area contributed by atoms with E-state index in [9.17, 15) is 9.59 Å². The third-order valence-corrected chi connectivity index (χ3v) is 5.71. The fourth-order valence-electron chi connectivity index (χ4n) is 3.91. The Hall–Kier alpha value is -3.35. The topological polar surface area (TPSA) is 110 Å². The minimum Gasteiger partial charge on any atom is -0.495 e. The van der Waals surface area contributed by atoms with E-state index in [4.69, 9.17) is 10.5 Å². The molecular weight excluding hydrogens is 356 g/mol. The van der Waals surface area contributed by atoms with Gasteiger partial charge in [-0.3, -0.25) is 14.7 Å². The van der Waals surface area contributed by atoms with Crippen molar-refractivity contribution in [2.75, 3.05) is 11.9 Å². The number of carbonyl (C=O) groups excluding carboxylic acids is 2. The van der Waals surface area contributed by atoms with Crippen LogP contribution in [-0.2, 0) is 19.7 Å². The Labute approximate surface area is 162 Å². The van der Waals surface area contributed by atoms with Crippen LogP contribution in [0.5, 0.6) is 0 Å². The van der Waals surface area contributed by atoms with Gasteiger partial charge in [-0.05, 0) is 31.9 Å². The predicted octanol–water partition coefficient (Wildman–Crippen LogP) is 2.41. The monoisotopic (exact) mass is 378 g/mol. The number of nitrogens with zero attached hydrogens (tertiary/aromatic N) is 1. The van der Waals surface area contributed by atoms with Crippen molar-refractivity contribution in [1.29, 1.82) is 0 Å². The van der Waals surface area contributed by atoms with Crippen molar-refractivity contribution in [2.24, 2.45) is 11.1 Å². The molecule has 2 aliphatic rings. The maximum absolute atomic E-state index is 12.9. The lowest BCUT2D eigenvalue weighted by molar-refractivity contribution is -0.126. The number of aromatic amines is 1. The van der Waals surface area contributed by atoms with Crippen LogP contribution in [0.3, 0.4) is 0 Å². The lowest BCUT2D eigenvalue weighted by atomic mass is 9.68. The molecule has 7 heteroatoms. The molecule has 0 saturated heterocycles. The Morgan fingerprint density at radius 2 is 2.00 bits per heavy atom. The summed E-state index contributed by atoms with van der Waals surface area (Å²) >= 11 is 0. The van der Waals surface area contributed by atoms with Crippen molar-refractivity contribution in [3.63, 3.8) is 0 Å². The minimum absolute atomic E-state index is 0.176. The summed E-state index contributed by atoms with van der Waals surface area (Å²) in [6, 6.07) is 9.92. The molecule has 0 radical (unpaired) electrons. The Kier molecular flexibility index (Phi) is 4.10. The van der Waals surface area contributed by atoms with Crippen LogP contribution in [0.4, 0.5) is 5.69 Å². The molecule has 4 rings (SSSR count). The van der Waals surface area contributed by atoms with Gasteiger partial charge in [-0.1, -0.05) is 30.3 Å². The molecule has 0 spiro atoms. The first kappa shape index (κ1) is 18.0. The van der Waals surface area contributed by atoms with Gasteiger partial charge < -0.3 is 15.8 Å². The smallest absolute Gasteiger partial charge is 0.251 e. The molecule has 2 amide bonds. The largest absolute Gasteiger partial charge is 0.495 e.